The SMILES string of the molecule is CCN(Cc1cc(C)nn1C)CC1CCCNC1. The normalized spacial score (nSPS) is 20.6. The second-order valence-corrected chi connectivity index (χ2v) is 5.44. The highest BCUT2D eigenvalue weighted by atomic mass is 15.3. The van der Waals surface area contributed by atoms with Crippen LogP contribution in [0.1, 0.15) is 31.2 Å². The number of hydrogen-bond acceptors (Lipinski definition) is 3. The topological polar surface area (TPSA) is 33.1 Å². The zero-order valence-corrected chi connectivity index (χ0v) is 11.9. The molecule has 1 N–H and O–H groups in total. The molecule has 102 valence electrons. The summed E-state index contributed by atoms with van der Waals surface area (Å²) >= 11 is 0. The van der Waals surface area contributed by atoms with E-state index in [9.17, 15) is 0 Å². The van der Waals surface area contributed by atoms with Crippen LogP contribution in [0, 0.1) is 12.8 Å². The minimum Gasteiger partial charge on any atom is -0.316 e. The van der Waals surface area contributed by atoms with Crippen LogP contribution in [0.15, 0.2) is 6.07 Å². The fourth-order valence-corrected chi connectivity index (χ4v) is 2.79. The molecule has 1 saturated heterocycles. The summed E-state index contributed by atoms with van der Waals surface area (Å²) in [6.45, 7) is 10.0. The van der Waals surface area contributed by atoms with Crippen molar-refractivity contribution in [1.29, 1.82) is 0 Å². The standard InChI is InChI=1S/C14H26N4/c1-4-18(10-13-6-5-7-15-9-13)11-14-8-12(2)16-17(14)3/h8,13,15H,4-7,9-11H2,1-3H3. The van der Waals surface area contributed by atoms with Gasteiger partial charge in [0.1, 0.15) is 0 Å². The van der Waals surface area contributed by atoms with E-state index in [2.05, 4.69) is 35.2 Å². The van der Waals surface area contributed by atoms with Crippen molar-refractivity contribution in [3.8, 4) is 0 Å². The Balaban J connectivity index is 1.90. The van der Waals surface area contributed by atoms with Crippen LogP contribution in [0.4, 0.5) is 0 Å². The third kappa shape index (κ3) is 3.56. The summed E-state index contributed by atoms with van der Waals surface area (Å²) in [6.07, 6.45) is 2.70. The molecule has 4 nitrogen and oxygen atoms in total. The first-order valence-corrected chi connectivity index (χ1v) is 7.11. The number of nitrogens with zero attached hydrogens (tertiary/aromatic N) is 3. The fraction of sp³-hybridized carbons (Fsp3) is 0.786. The zero-order valence-electron chi connectivity index (χ0n) is 11.9. The average molecular weight is 250 g/mol. The van der Waals surface area contributed by atoms with Crippen molar-refractivity contribution < 1.29 is 0 Å². The molecule has 1 aliphatic heterocycles. The number of aromatic nitrogens is 2. The number of piperidine rings is 1. The van der Waals surface area contributed by atoms with Crippen molar-refractivity contribution in [2.45, 2.75) is 33.2 Å². The van der Waals surface area contributed by atoms with Crippen LogP contribution in [0.5, 0.6) is 0 Å². The van der Waals surface area contributed by atoms with Crippen LogP contribution in [0.3, 0.4) is 0 Å². The van der Waals surface area contributed by atoms with Crippen molar-refractivity contribution in [1.82, 2.24) is 20.0 Å². The van der Waals surface area contributed by atoms with Crippen molar-refractivity contribution >= 4 is 0 Å². The van der Waals surface area contributed by atoms with E-state index in [4.69, 9.17) is 0 Å². The average Bonchev–Trinajstić information content (AvgIpc) is 2.68. The third-order valence-corrected chi connectivity index (χ3v) is 3.85. The number of nitrogens with one attached hydrogen (secondary N) is 1. The largest absolute Gasteiger partial charge is 0.316 e. The molecule has 1 aromatic heterocycles. The predicted octanol–water partition coefficient (Wildman–Crippen LogP) is 1.55. The van der Waals surface area contributed by atoms with Gasteiger partial charge in [-0.2, -0.15) is 5.10 Å². The second-order valence-electron chi connectivity index (χ2n) is 5.44. The minimum absolute atomic E-state index is 0.813. The summed E-state index contributed by atoms with van der Waals surface area (Å²) in [4.78, 5) is 2.54. The highest BCUT2D eigenvalue weighted by Gasteiger charge is 2.17. The molecular weight excluding hydrogens is 224 g/mol. The fourth-order valence-electron chi connectivity index (χ4n) is 2.79. The Morgan fingerprint density at radius 2 is 2.39 bits per heavy atom. The van der Waals surface area contributed by atoms with Crippen LogP contribution in [-0.2, 0) is 13.6 Å². The van der Waals surface area contributed by atoms with Crippen LogP contribution in [0.25, 0.3) is 0 Å². The van der Waals surface area contributed by atoms with Crippen LogP contribution < -0.4 is 5.32 Å². The van der Waals surface area contributed by atoms with Gasteiger partial charge in [-0.15, -0.1) is 0 Å². The van der Waals surface area contributed by atoms with Gasteiger partial charge >= 0.3 is 0 Å². The van der Waals surface area contributed by atoms with E-state index in [1.165, 1.54) is 38.2 Å². The molecule has 1 aromatic rings. The molecule has 18 heavy (non-hydrogen) atoms. The highest BCUT2D eigenvalue weighted by molar-refractivity contribution is 5.08. The Morgan fingerprint density at radius 3 is 2.94 bits per heavy atom. The third-order valence-electron chi connectivity index (χ3n) is 3.85. The lowest BCUT2D eigenvalue weighted by molar-refractivity contribution is 0.205. The van der Waals surface area contributed by atoms with Gasteiger partial charge in [0.2, 0.25) is 0 Å². The Bertz CT molecular complexity index is 366. The van der Waals surface area contributed by atoms with Gasteiger partial charge in [0.25, 0.3) is 0 Å². The lowest BCUT2D eigenvalue weighted by atomic mass is 9.99. The van der Waals surface area contributed by atoms with Crippen LogP contribution in [-0.4, -0.2) is 40.9 Å². The molecule has 1 unspecified atom stereocenters. The van der Waals surface area contributed by atoms with E-state index in [0.717, 1.165) is 24.7 Å². The van der Waals surface area contributed by atoms with Crippen molar-refractivity contribution in [2.24, 2.45) is 13.0 Å². The Labute approximate surface area is 110 Å². The first-order chi connectivity index (χ1) is 8.69. The smallest absolute Gasteiger partial charge is 0.0597 e. The molecule has 0 spiro atoms. The maximum Gasteiger partial charge on any atom is 0.0597 e. The summed E-state index contributed by atoms with van der Waals surface area (Å²) in [5, 5.41) is 7.92. The van der Waals surface area contributed by atoms with Gasteiger partial charge in [-0.05, 0) is 51.4 Å². The molecule has 2 heterocycles. The summed E-state index contributed by atoms with van der Waals surface area (Å²) in [7, 11) is 2.04. The van der Waals surface area contributed by atoms with E-state index in [0.29, 0.717) is 0 Å². The minimum atomic E-state index is 0.813. The van der Waals surface area contributed by atoms with Gasteiger partial charge in [-0.1, -0.05) is 6.92 Å². The molecule has 0 aliphatic carbocycles. The second kappa shape index (κ2) is 6.34. The first kappa shape index (κ1) is 13.6. The van der Waals surface area contributed by atoms with Crippen molar-refractivity contribution in [3.05, 3.63) is 17.5 Å². The number of aryl methyl sites for hydroxylation is 2. The quantitative estimate of drug-likeness (QED) is 0.861. The summed E-state index contributed by atoms with van der Waals surface area (Å²) in [5.74, 6) is 0.813. The molecule has 1 aliphatic rings. The summed E-state index contributed by atoms with van der Waals surface area (Å²) in [5.41, 5.74) is 2.43. The molecule has 0 aromatic carbocycles. The Hall–Kier alpha value is -0.870. The number of rotatable bonds is 5. The van der Waals surface area contributed by atoms with Gasteiger partial charge in [0, 0.05) is 20.1 Å². The highest BCUT2D eigenvalue weighted by Crippen LogP contribution is 2.14. The van der Waals surface area contributed by atoms with Gasteiger partial charge in [-0.3, -0.25) is 9.58 Å². The van der Waals surface area contributed by atoms with Gasteiger partial charge in [0.05, 0.1) is 11.4 Å². The van der Waals surface area contributed by atoms with E-state index in [-0.39, 0.29) is 0 Å². The monoisotopic (exact) mass is 250 g/mol. The lowest BCUT2D eigenvalue weighted by Crippen LogP contribution is -2.38. The Morgan fingerprint density at radius 1 is 1.56 bits per heavy atom. The summed E-state index contributed by atoms with van der Waals surface area (Å²) < 4.78 is 2.01. The van der Waals surface area contributed by atoms with E-state index >= 15 is 0 Å². The molecule has 0 bridgehead atoms. The molecule has 1 atom stereocenters. The molecule has 2 rings (SSSR count). The van der Waals surface area contributed by atoms with Gasteiger partial charge < -0.3 is 5.32 Å². The van der Waals surface area contributed by atoms with Gasteiger partial charge in [0.15, 0.2) is 0 Å². The number of hydrogen-bond donors (Lipinski definition) is 1. The van der Waals surface area contributed by atoms with E-state index in [1.807, 2.05) is 11.7 Å². The molecule has 0 amide bonds. The first-order valence-electron chi connectivity index (χ1n) is 7.11. The molecule has 0 radical (unpaired) electrons. The maximum atomic E-state index is 4.42. The summed E-state index contributed by atoms with van der Waals surface area (Å²) in [6, 6.07) is 2.20. The molecular formula is C14H26N4. The predicted molar refractivity (Wildman–Crippen MR) is 74.5 cm³/mol. The molecule has 4 heteroatoms. The zero-order chi connectivity index (χ0) is 13.0. The van der Waals surface area contributed by atoms with Gasteiger partial charge in [-0.25, -0.2) is 0 Å². The van der Waals surface area contributed by atoms with Crippen molar-refractivity contribution in [3.63, 3.8) is 0 Å². The lowest BCUT2D eigenvalue weighted by Gasteiger charge is -2.29. The van der Waals surface area contributed by atoms with E-state index in [1.54, 1.807) is 0 Å². The molecule has 0 saturated carbocycles. The maximum absolute atomic E-state index is 4.42. The van der Waals surface area contributed by atoms with Crippen LogP contribution in [0.2, 0.25) is 0 Å². The van der Waals surface area contributed by atoms with E-state index < -0.39 is 0 Å². The van der Waals surface area contributed by atoms with Crippen LogP contribution >= 0.6 is 0 Å². The molecule has 1 fully saturated rings. The Kier molecular flexibility index (Phi) is 4.78. The van der Waals surface area contributed by atoms with Crippen molar-refractivity contribution in [2.75, 3.05) is 26.2 Å².